The van der Waals surface area contributed by atoms with Crippen LogP contribution in [0, 0.1) is 0 Å². The molecule has 20 heavy (non-hydrogen) atoms. The molecule has 3 rings (SSSR count). The van der Waals surface area contributed by atoms with E-state index >= 15 is 0 Å². The highest BCUT2D eigenvalue weighted by Crippen LogP contribution is 2.27. The van der Waals surface area contributed by atoms with Gasteiger partial charge in [0.2, 0.25) is 0 Å². The number of thiophene rings is 1. The highest BCUT2D eigenvalue weighted by Gasteiger charge is 2.05. The molecule has 6 heteroatoms. The molecular weight excluding hydrogens is 272 g/mol. The summed E-state index contributed by atoms with van der Waals surface area (Å²) in [7, 11) is 0. The van der Waals surface area contributed by atoms with Crippen molar-refractivity contribution in [1.82, 2.24) is 9.97 Å². The van der Waals surface area contributed by atoms with Gasteiger partial charge in [0.05, 0.1) is 5.39 Å². The van der Waals surface area contributed by atoms with Crippen molar-refractivity contribution in [3.05, 3.63) is 42.0 Å². The van der Waals surface area contributed by atoms with Crippen molar-refractivity contribution in [3.63, 3.8) is 0 Å². The molecule has 0 amide bonds. The molecule has 2 aromatic heterocycles. The molecule has 2 heterocycles. The van der Waals surface area contributed by atoms with Crippen LogP contribution in [0.2, 0.25) is 0 Å². The fraction of sp³-hybridized carbons (Fsp3) is 0.143. The van der Waals surface area contributed by atoms with Crippen molar-refractivity contribution in [1.29, 1.82) is 0 Å². The Kier molecular flexibility index (Phi) is 3.76. The number of ether oxygens (including phenoxy) is 1. The Bertz CT molecular complexity index is 713. The Labute approximate surface area is 120 Å². The van der Waals surface area contributed by atoms with E-state index in [9.17, 15) is 0 Å². The zero-order valence-corrected chi connectivity index (χ0v) is 11.6. The van der Waals surface area contributed by atoms with Gasteiger partial charge in [0.25, 0.3) is 0 Å². The van der Waals surface area contributed by atoms with Crippen LogP contribution in [0.4, 0.5) is 11.5 Å². The van der Waals surface area contributed by atoms with Crippen LogP contribution in [-0.4, -0.2) is 23.1 Å². The van der Waals surface area contributed by atoms with Gasteiger partial charge in [-0.15, -0.1) is 11.3 Å². The van der Waals surface area contributed by atoms with Crippen molar-refractivity contribution in [2.75, 3.05) is 18.5 Å². The molecule has 102 valence electrons. The average Bonchev–Trinajstić information content (AvgIpc) is 2.95. The largest absolute Gasteiger partial charge is 0.492 e. The lowest BCUT2D eigenvalue weighted by molar-refractivity contribution is 0.328. The normalized spacial score (nSPS) is 10.7. The fourth-order valence-corrected chi connectivity index (χ4v) is 2.60. The van der Waals surface area contributed by atoms with Crippen molar-refractivity contribution in [3.8, 4) is 5.75 Å². The molecule has 0 spiro atoms. The second-order valence-corrected chi connectivity index (χ2v) is 5.05. The van der Waals surface area contributed by atoms with Gasteiger partial charge in [-0.3, -0.25) is 0 Å². The van der Waals surface area contributed by atoms with Gasteiger partial charge in [0.1, 0.15) is 29.3 Å². The third-order valence-electron chi connectivity index (χ3n) is 2.75. The molecule has 0 saturated heterocycles. The first-order chi connectivity index (χ1) is 9.86. The molecule has 0 bridgehead atoms. The summed E-state index contributed by atoms with van der Waals surface area (Å²) in [5.74, 6) is 1.59. The van der Waals surface area contributed by atoms with Crippen molar-refractivity contribution in [2.45, 2.75) is 0 Å². The molecule has 0 aliphatic heterocycles. The minimum absolute atomic E-state index is 0.499. The molecule has 0 aliphatic rings. The molecule has 0 unspecified atom stereocenters. The molecule has 3 N–H and O–H groups in total. The molecule has 0 radical (unpaired) electrons. The number of fused-ring (bicyclic) bond motifs is 1. The number of benzene rings is 1. The number of nitrogens with two attached hydrogens (primary N) is 1. The summed E-state index contributed by atoms with van der Waals surface area (Å²) in [6.07, 6.45) is 1.57. The number of aromatic nitrogens is 2. The zero-order valence-electron chi connectivity index (χ0n) is 10.7. The topological polar surface area (TPSA) is 73.1 Å². The third-order valence-corrected chi connectivity index (χ3v) is 3.57. The van der Waals surface area contributed by atoms with Gasteiger partial charge in [0.15, 0.2) is 0 Å². The van der Waals surface area contributed by atoms with Gasteiger partial charge in [0, 0.05) is 18.3 Å². The lowest BCUT2D eigenvalue weighted by Gasteiger charge is -2.09. The molecule has 1 aromatic carbocycles. The van der Waals surface area contributed by atoms with Crippen LogP contribution in [0.15, 0.2) is 42.0 Å². The zero-order chi connectivity index (χ0) is 13.8. The summed E-state index contributed by atoms with van der Waals surface area (Å²) in [5, 5.41) is 6.32. The van der Waals surface area contributed by atoms with E-state index in [0.29, 0.717) is 13.2 Å². The summed E-state index contributed by atoms with van der Waals surface area (Å²) < 4.78 is 5.51. The van der Waals surface area contributed by atoms with E-state index in [1.54, 1.807) is 17.7 Å². The van der Waals surface area contributed by atoms with E-state index in [-0.39, 0.29) is 0 Å². The SMILES string of the molecule is NCCOc1cccc(Nc2ncnc3sccc23)c1. The third kappa shape index (κ3) is 2.71. The molecule has 0 fully saturated rings. The van der Waals surface area contributed by atoms with E-state index in [1.807, 2.05) is 35.7 Å². The van der Waals surface area contributed by atoms with Crippen molar-refractivity contribution in [2.24, 2.45) is 5.73 Å². The molecule has 0 atom stereocenters. The Morgan fingerprint density at radius 2 is 2.20 bits per heavy atom. The van der Waals surface area contributed by atoms with Crippen LogP contribution >= 0.6 is 11.3 Å². The Morgan fingerprint density at radius 3 is 3.10 bits per heavy atom. The second kappa shape index (κ2) is 5.85. The number of rotatable bonds is 5. The van der Waals surface area contributed by atoms with Gasteiger partial charge in [-0.05, 0) is 23.6 Å². The van der Waals surface area contributed by atoms with E-state index in [4.69, 9.17) is 10.5 Å². The first-order valence-corrected chi connectivity index (χ1v) is 7.13. The average molecular weight is 286 g/mol. The monoisotopic (exact) mass is 286 g/mol. The van der Waals surface area contributed by atoms with E-state index in [2.05, 4.69) is 15.3 Å². The highest BCUT2D eigenvalue weighted by molar-refractivity contribution is 7.16. The number of anilines is 2. The van der Waals surface area contributed by atoms with Crippen LogP contribution in [-0.2, 0) is 0 Å². The fourth-order valence-electron chi connectivity index (χ4n) is 1.87. The minimum Gasteiger partial charge on any atom is -0.492 e. The number of nitrogens with zero attached hydrogens (tertiary/aromatic N) is 2. The van der Waals surface area contributed by atoms with Crippen LogP contribution in [0.1, 0.15) is 0 Å². The van der Waals surface area contributed by atoms with Crippen LogP contribution in [0.3, 0.4) is 0 Å². The summed E-state index contributed by atoms with van der Waals surface area (Å²) >= 11 is 1.60. The maximum atomic E-state index is 5.51. The Morgan fingerprint density at radius 1 is 1.25 bits per heavy atom. The van der Waals surface area contributed by atoms with Crippen LogP contribution in [0.5, 0.6) is 5.75 Å². The number of hydrogen-bond acceptors (Lipinski definition) is 6. The predicted molar refractivity (Wildman–Crippen MR) is 81.7 cm³/mol. The van der Waals surface area contributed by atoms with Gasteiger partial charge >= 0.3 is 0 Å². The molecule has 0 aliphatic carbocycles. The smallest absolute Gasteiger partial charge is 0.142 e. The van der Waals surface area contributed by atoms with Crippen LogP contribution < -0.4 is 15.8 Å². The molecule has 5 nitrogen and oxygen atoms in total. The lowest BCUT2D eigenvalue weighted by Crippen LogP contribution is -2.10. The standard InChI is InChI=1S/C14H14N4OS/c15-5-6-19-11-3-1-2-10(8-11)18-13-12-4-7-20-14(12)17-9-16-13/h1-4,7-9H,5-6,15H2,(H,16,17,18). The van der Waals surface area contributed by atoms with Crippen molar-refractivity contribution < 1.29 is 4.74 Å². The van der Waals surface area contributed by atoms with Crippen LogP contribution in [0.25, 0.3) is 10.2 Å². The van der Waals surface area contributed by atoms with Gasteiger partial charge < -0.3 is 15.8 Å². The highest BCUT2D eigenvalue weighted by atomic mass is 32.1. The molecule has 3 aromatic rings. The van der Waals surface area contributed by atoms with E-state index < -0.39 is 0 Å². The Balaban J connectivity index is 1.85. The molecular formula is C14H14N4OS. The summed E-state index contributed by atoms with van der Waals surface area (Å²) in [5.41, 5.74) is 6.35. The van der Waals surface area contributed by atoms with Crippen molar-refractivity contribution >= 4 is 33.1 Å². The van der Waals surface area contributed by atoms with E-state index in [0.717, 1.165) is 27.5 Å². The maximum Gasteiger partial charge on any atom is 0.142 e. The predicted octanol–water partition coefficient (Wildman–Crippen LogP) is 2.77. The first-order valence-electron chi connectivity index (χ1n) is 6.25. The minimum atomic E-state index is 0.499. The lowest BCUT2D eigenvalue weighted by atomic mass is 10.3. The summed E-state index contributed by atoms with van der Waals surface area (Å²) in [6.45, 7) is 1.00. The van der Waals surface area contributed by atoms with Gasteiger partial charge in [-0.1, -0.05) is 6.07 Å². The maximum absolute atomic E-state index is 5.51. The van der Waals surface area contributed by atoms with E-state index in [1.165, 1.54) is 0 Å². The molecule has 0 saturated carbocycles. The second-order valence-electron chi connectivity index (χ2n) is 4.15. The number of nitrogens with one attached hydrogen (secondary N) is 1. The first kappa shape index (κ1) is 12.8. The summed E-state index contributed by atoms with van der Waals surface area (Å²) in [6, 6.07) is 9.74. The van der Waals surface area contributed by atoms with Gasteiger partial charge in [-0.25, -0.2) is 9.97 Å². The quantitative estimate of drug-likeness (QED) is 0.754. The van der Waals surface area contributed by atoms with Gasteiger partial charge in [-0.2, -0.15) is 0 Å². The Hall–Kier alpha value is -2.18. The summed E-state index contributed by atoms with van der Waals surface area (Å²) in [4.78, 5) is 9.49. The number of hydrogen-bond donors (Lipinski definition) is 2.